The topological polar surface area (TPSA) is 92.3 Å². The molecule has 0 fully saturated rings. The summed E-state index contributed by atoms with van der Waals surface area (Å²) in [4.78, 5) is 24.9. The summed E-state index contributed by atoms with van der Waals surface area (Å²) in [6.07, 6.45) is -7.14. The second-order valence-corrected chi connectivity index (χ2v) is 21.6. The molecular weight excluding hydrogens is 1010 g/mol. The van der Waals surface area contributed by atoms with E-state index in [0.717, 1.165) is 0 Å². The lowest BCUT2D eigenvalue weighted by atomic mass is 9.88. The number of anilines is 1. The van der Waals surface area contributed by atoms with Crippen LogP contribution in [0.4, 0.5) is 85.1 Å². The van der Waals surface area contributed by atoms with Crippen molar-refractivity contribution in [1.29, 1.82) is 0 Å². The number of methoxy groups -OCH3 is 1. The maximum absolute atomic E-state index is 15.1. The average molecular weight is 1060 g/mol. The lowest BCUT2D eigenvalue weighted by molar-refractivity contribution is -0.461. The minimum absolute atomic E-state index is 0.132. The van der Waals surface area contributed by atoms with E-state index in [9.17, 15) is 75.4 Å². The molecule has 2 aromatic carbocycles. The fourth-order valence-corrected chi connectivity index (χ4v) is 11.4. The van der Waals surface area contributed by atoms with Crippen LogP contribution in [0.1, 0.15) is 73.0 Å². The van der Waals surface area contributed by atoms with Gasteiger partial charge in [-0.25, -0.2) is 9.59 Å². The number of carbonyl (C=O) groups is 2. The minimum Gasteiger partial charge on any atom is -0.497 e. The fourth-order valence-electron chi connectivity index (χ4n) is 6.96. The van der Waals surface area contributed by atoms with Gasteiger partial charge in [-0.15, -0.1) is 0 Å². The van der Waals surface area contributed by atoms with Gasteiger partial charge >= 0.3 is 59.7 Å². The summed E-state index contributed by atoms with van der Waals surface area (Å²) in [6.45, 7) is 9.60. The lowest BCUT2D eigenvalue weighted by Gasteiger charge is -2.44. The maximum Gasteiger partial charge on any atom is 0.460 e. The Balaban J connectivity index is 2.32. The molecule has 0 aliphatic carbocycles. The largest absolute Gasteiger partial charge is 0.497 e. The molecule has 0 unspecified atom stereocenters. The third-order valence-electron chi connectivity index (χ3n) is 11.1. The summed E-state index contributed by atoms with van der Waals surface area (Å²) in [5.41, 5.74) is -0.379. The smallest absolute Gasteiger partial charge is 0.460 e. The van der Waals surface area contributed by atoms with Crippen molar-refractivity contribution >= 4 is 26.1 Å². The Morgan fingerprint density at radius 2 is 1.16 bits per heavy atom. The summed E-state index contributed by atoms with van der Waals surface area (Å²) < 4.78 is 264. The van der Waals surface area contributed by atoms with E-state index >= 15 is 8.78 Å². The summed E-state index contributed by atoms with van der Waals surface area (Å²) >= 11 is 0. The first kappa shape index (κ1) is 61.4. The molecule has 1 amide bonds. The van der Waals surface area contributed by atoms with Crippen LogP contribution in [0.3, 0.4) is 0 Å². The zero-order chi connectivity index (χ0) is 54.1. The molecule has 2 aromatic rings. The Bertz CT molecular complexity index is 2070. The normalized spacial score (nSPS) is 15.0. The van der Waals surface area contributed by atoms with Gasteiger partial charge in [-0.1, -0.05) is 58.9 Å². The van der Waals surface area contributed by atoms with E-state index in [2.05, 4.69) is 5.32 Å². The predicted molar refractivity (Wildman–Crippen MR) is 223 cm³/mol. The van der Waals surface area contributed by atoms with Crippen molar-refractivity contribution in [3.05, 3.63) is 77.9 Å². The van der Waals surface area contributed by atoms with Crippen molar-refractivity contribution < 1.29 is 108 Å². The summed E-state index contributed by atoms with van der Waals surface area (Å²) in [7, 11) is -2.57. The molecule has 8 nitrogen and oxygen atoms in total. The van der Waals surface area contributed by atoms with Crippen molar-refractivity contribution in [3.63, 3.8) is 0 Å². The number of hydrogen-bond acceptors (Lipinski definition) is 7. The van der Waals surface area contributed by atoms with Crippen LogP contribution in [0.5, 0.6) is 11.5 Å². The van der Waals surface area contributed by atoms with Crippen LogP contribution in [0.25, 0.3) is 0 Å². The molecular formula is C44H52F17NO7Si. The van der Waals surface area contributed by atoms with Crippen LogP contribution in [0.2, 0.25) is 17.1 Å². The van der Waals surface area contributed by atoms with Gasteiger partial charge in [-0.2, -0.15) is 74.6 Å². The summed E-state index contributed by atoms with van der Waals surface area (Å²) in [6, 6.07) is 10.9. The molecule has 2 atom stereocenters. The van der Waals surface area contributed by atoms with Gasteiger partial charge in [0.2, 0.25) is 0 Å². The second-order valence-electron chi connectivity index (χ2n) is 16.6. The van der Waals surface area contributed by atoms with Crippen LogP contribution in [0.15, 0.2) is 72.3 Å². The highest BCUT2D eigenvalue weighted by atomic mass is 28.4. The number of amides is 1. The molecule has 2 rings (SSSR count). The maximum atomic E-state index is 15.1. The van der Waals surface area contributed by atoms with Crippen molar-refractivity contribution in [3.8, 4) is 11.5 Å². The van der Waals surface area contributed by atoms with Crippen molar-refractivity contribution in [2.24, 2.45) is 5.92 Å². The number of alkyl halides is 17. The number of ether oxygens (including phenoxy) is 4. The van der Waals surface area contributed by atoms with Crippen LogP contribution in [-0.4, -0.2) is 94.9 Å². The monoisotopic (exact) mass is 1060 g/mol. The molecule has 0 saturated carbocycles. The molecule has 0 saturated heterocycles. The summed E-state index contributed by atoms with van der Waals surface area (Å²) in [5, 5.41) is 2.61. The van der Waals surface area contributed by atoms with Crippen LogP contribution in [-0.2, 0) is 18.7 Å². The van der Waals surface area contributed by atoms with Gasteiger partial charge in [0.05, 0.1) is 20.3 Å². The zero-order valence-corrected chi connectivity index (χ0v) is 39.7. The number of esters is 1. The molecule has 0 aliphatic heterocycles. The van der Waals surface area contributed by atoms with E-state index in [1.54, 1.807) is 57.2 Å². The Labute approximate surface area is 393 Å². The Hall–Kier alpha value is -4.75. The zero-order valence-electron chi connectivity index (χ0n) is 38.7. The van der Waals surface area contributed by atoms with Gasteiger partial charge in [-0.05, 0) is 84.9 Å². The third-order valence-corrected chi connectivity index (χ3v) is 16.8. The average Bonchev–Trinajstić information content (AvgIpc) is 3.24. The molecule has 70 heavy (non-hydrogen) atoms. The Morgan fingerprint density at radius 3 is 1.63 bits per heavy atom. The van der Waals surface area contributed by atoms with Gasteiger partial charge in [-0.3, -0.25) is 5.32 Å². The van der Waals surface area contributed by atoms with E-state index in [0.29, 0.717) is 29.0 Å². The SMILES string of the molecule is CCOC(=O)/C=C(C)/C=C/C[C@H](C)[C@H](OC(=O)Nc1ccc(OC)cc1)c1ccc(OCCO[Si](CCC(F)(F)C(F)(F)C(F)(F)C(F)(F)C(F)(F)C(F)(F)C(F)(F)C(F)(F)F)(C(C)C)C(C)C)cc1. The van der Waals surface area contributed by atoms with E-state index in [1.165, 1.54) is 65.1 Å². The molecule has 26 heteroatoms. The number of nitrogens with one attached hydrogen (secondary N) is 1. The van der Waals surface area contributed by atoms with Gasteiger partial charge in [0, 0.05) is 24.1 Å². The Morgan fingerprint density at radius 1 is 0.671 bits per heavy atom. The number of benzene rings is 2. The van der Waals surface area contributed by atoms with Crippen molar-refractivity contribution in [1.82, 2.24) is 0 Å². The summed E-state index contributed by atoms with van der Waals surface area (Å²) in [5.74, 6) is -57.2. The van der Waals surface area contributed by atoms with Gasteiger partial charge in [0.1, 0.15) is 24.2 Å². The number of halogens is 17. The van der Waals surface area contributed by atoms with Gasteiger partial charge < -0.3 is 23.4 Å². The quantitative estimate of drug-likeness (QED) is 0.0251. The van der Waals surface area contributed by atoms with Gasteiger partial charge in [0.25, 0.3) is 0 Å². The standard InChI is InChI=1S/C44H52F17NO7Si/c1-9-66-34(63)25-28(6)11-10-12-29(7)35(69-36(64)62-31-15-19-32(65-8)20-16-31)30-13-17-33(18-14-30)67-22-23-68-70(26(2)3,27(4)5)24-21-37(45,46)38(47,48)39(49,50)40(51,52)41(53,54)42(55,56)43(57,58)44(59,60)61/h10-11,13-20,25-27,29,35H,9,12,21-24H2,1-8H3,(H,62,64)/b11-10+,28-25+/t29-,35-/m0/s1. The molecule has 0 aliphatic rings. The first-order valence-electron chi connectivity index (χ1n) is 21.1. The molecule has 0 heterocycles. The number of carbonyl (C=O) groups excluding carboxylic acids is 2. The number of rotatable bonds is 26. The molecule has 0 radical (unpaired) electrons. The van der Waals surface area contributed by atoms with E-state index in [4.69, 9.17) is 23.4 Å². The van der Waals surface area contributed by atoms with Crippen LogP contribution < -0.4 is 14.8 Å². The number of hydrogen-bond donors (Lipinski definition) is 1. The molecule has 0 bridgehead atoms. The predicted octanol–water partition coefficient (Wildman–Crippen LogP) is 14.6. The van der Waals surface area contributed by atoms with E-state index in [1.807, 2.05) is 0 Å². The van der Waals surface area contributed by atoms with E-state index < -0.39 is 117 Å². The van der Waals surface area contributed by atoms with Crippen molar-refractivity contribution in [2.45, 2.75) is 132 Å². The highest BCUT2D eigenvalue weighted by Crippen LogP contribution is 2.64. The highest BCUT2D eigenvalue weighted by molar-refractivity contribution is 6.76. The fraction of sp³-hybridized carbons (Fsp3) is 0.591. The Kier molecular flexibility index (Phi) is 20.3. The molecule has 0 aromatic heterocycles. The second kappa shape index (κ2) is 23.2. The number of allylic oxidation sites excluding steroid dienone is 3. The first-order valence-corrected chi connectivity index (χ1v) is 23.3. The third kappa shape index (κ3) is 13.2. The molecule has 0 spiro atoms. The van der Waals surface area contributed by atoms with E-state index in [-0.39, 0.29) is 12.4 Å². The van der Waals surface area contributed by atoms with Crippen LogP contribution in [0, 0.1) is 5.92 Å². The van der Waals surface area contributed by atoms with Crippen LogP contribution >= 0.6 is 0 Å². The minimum atomic E-state index is -8.70. The first-order chi connectivity index (χ1) is 31.8. The lowest BCUT2D eigenvalue weighted by Crippen LogP contribution is -2.74. The van der Waals surface area contributed by atoms with Crippen molar-refractivity contribution in [2.75, 3.05) is 32.2 Å². The highest BCUT2D eigenvalue weighted by Gasteiger charge is 2.95. The molecule has 398 valence electrons. The van der Waals surface area contributed by atoms with Gasteiger partial charge in [0.15, 0.2) is 8.32 Å². The molecule has 1 N–H and O–H groups in total.